The van der Waals surface area contributed by atoms with Gasteiger partial charge in [-0.1, -0.05) is 0 Å². The second-order valence-corrected chi connectivity index (χ2v) is 6.61. The van der Waals surface area contributed by atoms with E-state index in [1.807, 2.05) is 0 Å². The van der Waals surface area contributed by atoms with Crippen LogP contribution in [0.5, 0.6) is 0 Å². The molecule has 0 saturated heterocycles. The van der Waals surface area contributed by atoms with E-state index in [0.29, 0.717) is 30.1 Å². The predicted molar refractivity (Wildman–Crippen MR) is 92.8 cm³/mol. The van der Waals surface area contributed by atoms with Crippen molar-refractivity contribution in [1.82, 2.24) is 5.32 Å². The first-order chi connectivity index (χ1) is 10.0. The molecule has 2 atom stereocenters. The van der Waals surface area contributed by atoms with E-state index < -0.39 is 24.0 Å². The molecule has 0 aliphatic rings. The molecule has 0 aliphatic carbocycles. The SMILES string of the molecule is Cl.N[C@@H](CSCCCO)C(=O)N[C@@H](CSCCCO)C(=O)O. The summed E-state index contributed by atoms with van der Waals surface area (Å²) in [5.74, 6) is 0.388. The zero-order valence-electron chi connectivity index (χ0n) is 12.3. The summed E-state index contributed by atoms with van der Waals surface area (Å²) in [5.41, 5.74) is 5.70. The Kier molecular flexibility index (Phi) is 17.2. The molecule has 0 saturated carbocycles. The van der Waals surface area contributed by atoms with E-state index in [-0.39, 0.29) is 31.4 Å². The fourth-order valence-electron chi connectivity index (χ4n) is 1.27. The minimum absolute atomic E-state index is 0. The molecule has 0 unspecified atom stereocenters. The van der Waals surface area contributed by atoms with E-state index in [0.717, 1.165) is 0 Å². The maximum absolute atomic E-state index is 11.8. The molecular weight excluding hydrogens is 352 g/mol. The highest BCUT2D eigenvalue weighted by Gasteiger charge is 2.23. The number of rotatable bonds is 13. The summed E-state index contributed by atoms with van der Waals surface area (Å²) < 4.78 is 0. The van der Waals surface area contributed by atoms with Crippen molar-refractivity contribution in [2.75, 3.05) is 36.2 Å². The number of nitrogens with two attached hydrogens (primary N) is 1. The number of aliphatic hydroxyl groups is 2. The lowest BCUT2D eigenvalue weighted by Gasteiger charge is -2.17. The van der Waals surface area contributed by atoms with Gasteiger partial charge in [0.05, 0.1) is 6.04 Å². The van der Waals surface area contributed by atoms with Gasteiger partial charge in [0, 0.05) is 24.7 Å². The summed E-state index contributed by atoms with van der Waals surface area (Å²) >= 11 is 2.81. The predicted octanol–water partition coefficient (Wildman–Crippen LogP) is -0.464. The number of carboxylic acids is 1. The first kappa shape index (κ1) is 24.1. The average molecular weight is 377 g/mol. The van der Waals surface area contributed by atoms with Gasteiger partial charge in [0.15, 0.2) is 0 Å². The highest BCUT2D eigenvalue weighted by molar-refractivity contribution is 7.99. The molecule has 6 N–H and O–H groups in total. The Labute approximate surface area is 145 Å². The van der Waals surface area contributed by atoms with Gasteiger partial charge in [-0.15, -0.1) is 12.4 Å². The van der Waals surface area contributed by atoms with Gasteiger partial charge < -0.3 is 26.4 Å². The van der Waals surface area contributed by atoms with Crippen LogP contribution in [0.1, 0.15) is 12.8 Å². The largest absolute Gasteiger partial charge is 0.480 e. The van der Waals surface area contributed by atoms with Crippen molar-refractivity contribution in [3.05, 3.63) is 0 Å². The summed E-state index contributed by atoms with van der Waals surface area (Å²) in [6, 6.07) is -1.74. The number of halogens is 1. The number of hydrogen-bond acceptors (Lipinski definition) is 7. The molecule has 22 heavy (non-hydrogen) atoms. The highest BCUT2D eigenvalue weighted by Crippen LogP contribution is 2.07. The van der Waals surface area contributed by atoms with Crippen LogP contribution >= 0.6 is 35.9 Å². The van der Waals surface area contributed by atoms with Gasteiger partial charge >= 0.3 is 5.97 Å². The summed E-state index contributed by atoms with van der Waals surface area (Å²) in [6.07, 6.45) is 1.23. The van der Waals surface area contributed by atoms with Crippen molar-refractivity contribution in [2.24, 2.45) is 5.73 Å². The van der Waals surface area contributed by atoms with Crippen LogP contribution in [0.4, 0.5) is 0 Å². The third-order valence-corrected chi connectivity index (χ3v) is 4.75. The molecule has 0 aliphatic heterocycles. The maximum atomic E-state index is 11.8. The van der Waals surface area contributed by atoms with E-state index in [1.54, 1.807) is 0 Å². The molecule has 132 valence electrons. The van der Waals surface area contributed by atoms with Gasteiger partial charge in [-0.05, 0) is 24.3 Å². The number of carbonyl (C=O) groups excluding carboxylic acids is 1. The fourth-order valence-corrected chi connectivity index (χ4v) is 3.14. The van der Waals surface area contributed by atoms with E-state index in [4.69, 9.17) is 21.1 Å². The zero-order chi connectivity index (χ0) is 16.1. The van der Waals surface area contributed by atoms with Crippen molar-refractivity contribution in [1.29, 1.82) is 0 Å². The Morgan fingerprint density at radius 1 is 1.05 bits per heavy atom. The second-order valence-electron chi connectivity index (χ2n) is 4.31. The Bertz CT molecular complexity index is 313. The molecule has 0 aromatic carbocycles. The number of aliphatic hydroxyl groups excluding tert-OH is 2. The zero-order valence-corrected chi connectivity index (χ0v) is 14.7. The average Bonchev–Trinajstić information content (AvgIpc) is 2.46. The van der Waals surface area contributed by atoms with E-state index in [9.17, 15) is 9.59 Å². The maximum Gasteiger partial charge on any atom is 0.327 e. The first-order valence-electron chi connectivity index (χ1n) is 6.68. The molecule has 0 heterocycles. The Hall–Kier alpha value is -0.190. The normalized spacial score (nSPS) is 13.0. The van der Waals surface area contributed by atoms with Crippen molar-refractivity contribution < 1.29 is 24.9 Å². The van der Waals surface area contributed by atoms with Gasteiger partial charge in [-0.2, -0.15) is 23.5 Å². The summed E-state index contributed by atoms with van der Waals surface area (Å²) in [5, 5.41) is 28.8. The third kappa shape index (κ3) is 12.4. The fraction of sp³-hybridized carbons (Fsp3) is 0.833. The Morgan fingerprint density at radius 3 is 2.00 bits per heavy atom. The van der Waals surface area contributed by atoms with Crippen molar-refractivity contribution in [3.8, 4) is 0 Å². The lowest BCUT2D eigenvalue weighted by molar-refractivity contribution is -0.141. The van der Waals surface area contributed by atoms with Gasteiger partial charge in [0.25, 0.3) is 0 Å². The lowest BCUT2D eigenvalue weighted by Crippen LogP contribution is -2.50. The molecular formula is C12H25ClN2O5S2. The first-order valence-corrected chi connectivity index (χ1v) is 8.99. The molecule has 0 bridgehead atoms. The number of thioether (sulfide) groups is 2. The molecule has 10 heteroatoms. The molecule has 0 radical (unpaired) electrons. The molecule has 7 nitrogen and oxygen atoms in total. The topological polar surface area (TPSA) is 133 Å². The van der Waals surface area contributed by atoms with E-state index >= 15 is 0 Å². The van der Waals surface area contributed by atoms with E-state index in [1.165, 1.54) is 23.5 Å². The van der Waals surface area contributed by atoms with Crippen molar-refractivity contribution in [2.45, 2.75) is 24.9 Å². The number of aliphatic carboxylic acids is 1. The van der Waals surface area contributed by atoms with Gasteiger partial charge in [0.1, 0.15) is 6.04 Å². The molecule has 0 spiro atoms. The molecule has 0 aromatic rings. The van der Waals surface area contributed by atoms with Crippen LogP contribution in [0.3, 0.4) is 0 Å². The van der Waals surface area contributed by atoms with Gasteiger partial charge in [0.2, 0.25) is 5.91 Å². The van der Waals surface area contributed by atoms with Crippen LogP contribution in [0.2, 0.25) is 0 Å². The number of nitrogens with one attached hydrogen (secondary N) is 1. The minimum Gasteiger partial charge on any atom is -0.480 e. The van der Waals surface area contributed by atoms with Crippen LogP contribution in [0.15, 0.2) is 0 Å². The summed E-state index contributed by atoms with van der Waals surface area (Å²) in [7, 11) is 0. The minimum atomic E-state index is -1.10. The second kappa shape index (κ2) is 15.7. The van der Waals surface area contributed by atoms with Crippen LogP contribution in [0, 0.1) is 0 Å². The van der Waals surface area contributed by atoms with Crippen LogP contribution < -0.4 is 11.1 Å². The monoisotopic (exact) mass is 376 g/mol. The Balaban J connectivity index is 0. The quantitative estimate of drug-likeness (QED) is 0.273. The molecule has 0 rings (SSSR count). The molecule has 0 aromatic heterocycles. The molecule has 1 amide bonds. The number of carbonyl (C=O) groups is 2. The standard InChI is InChI=1S/C12H24N2O5S2.ClH/c13-9(7-20-5-1-3-15)11(17)14-10(12(18)19)8-21-6-2-4-16;/h9-10,15-16H,1-8,13H2,(H,14,17)(H,18,19);1H/t9-,10-;/m0./s1. The number of amides is 1. The van der Waals surface area contributed by atoms with Gasteiger partial charge in [-0.25, -0.2) is 4.79 Å². The van der Waals surface area contributed by atoms with E-state index in [2.05, 4.69) is 5.32 Å². The highest BCUT2D eigenvalue weighted by atomic mass is 35.5. The smallest absolute Gasteiger partial charge is 0.327 e. The summed E-state index contributed by atoms with van der Waals surface area (Å²) in [6.45, 7) is 0.160. The Morgan fingerprint density at radius 2 is 1.55 bits per heavy atom. The van der Waals surface area contributed by atoms with Crippen LogP contribution in [0.25, 0.3) is 0 Å². The van der Waals surface area contributed by atoms with Crippen molar-refractivity contribution in [3.63, 3.8) is 0 Å². The van der Waals surface area contributed by atoms with Gasteiger partial charge in [-0.3, -0.25) is 4.79 Å². The molecule has 0 fully saturated rings. The van der Waals surface area contributed by atoms with Crippen LogP contribution in [-0.4, -0.2) is 75.5 Å². The summed E-state index contributed by atoms with van der Waals surface area (Å²) in [4.78, 5) is 22.9. The number of carboxylic acid groups (broad SMARTS) is 1. The lowest BCUT2D eigenvalue weighted by atomic mass is 10.3. The van der Waals surface area contributed by atoms with Crippen molar-refractivity contribution >= 4 is 47.8 Å². The third-order valence-electron chi connectivity index (χ3n) is 2.43. The van der Waals surface area contributed by atoms with Crippen LogP contribution in [-0.2, 0) is 9.59 Å². The number of hydrogen-bond donors (Lipinski definition) is 5.